The summed E-state index contributed by atoms with van der Waals surface area (Å²) in [5.74, 6) is -1.04. The Labute approximate surface area is 186 Å². The van der Waals surface area contributed by atoms with Crippen LogP contribution < -0.4 is 4.74 Å². The number of nitriles is 1. The average Bonchev–Trinajstić information content (AvgIpc) is 3.15. The molecule has 0 saturated carbocycles. The van der Waals surface area contributed by atoms with Gasteiger partial charge in [-0.25, -0.2) is 13.8 Å². The van der Waals surface area contributed by atoms with Crippen molar-refractivity contribution in [3.63, 3.8) is 0 Å². The summed E-state index contributed by atoms with van der Waals surface area (Å²) in [4.78, 5) is 19.2. The third kappa shape index (κ3) is 5.16. The minimum Gasteiger partial charge on any atom is -0.490 e. The minimum absolute atomic E-state index is 0.0125. The summed E-state index contributed by atoms with van der Waals surface area (Å²) in [6, 6.07) is 5.26. The highest BCUT2D eigenvalue weighted by molar-refractivity contribution is 5.85. The lowest BCUT2D eigenvalue weighted by Gasteiger charge is -2.33. The topological polar surface area (TPSA) is 69.5 Å². The summed E-state index contributed by atoms with van der Waals surface area (Å²) >= 11 is 0. The Kier molecular flexibility index (Phi) is 6.38. The number of fused-ring (bicyclic) bond motifs is 1. The third-order valence-electron chi connectivity index (χ3n) is 5.93. The van der Waals surface area contributed by atoms with Gasteiger partial charge in [-0.3, -0.25) is 9.69 Å². The molecular formula is C22H21F5N4O2. The van der Waals surface area contributed by atoms with Gasteiger partial charge in [-0.15, -0.1) is 0 Å². The van der Waals surface area contributed by atoms with Crippen LogP contribution in [0.25, 0.3) is 10.9 Å². The largest absolute Gasteiger partial charge is 0.490 e. The fourth-order valence-electron chi connectivity index (χ4n) is 4.24. The highest BCUT2D eigenvalue weighted by Crippen LogP contribution is 2.35. The van der Waals surface area contributed by atoms with Gasteiger partial charge in [0.05, 0.1) is 24.7 Å². The molecule has 1 aromatic heterocycles. The number of hydrogen-bond donors (Lipinski definition) is 0. The van der Waals surface area contributed by atoms with Crippen LogP contribution in [-0.2, 0) is 11.0 Å². The molecule has 2 aliphatic heterocycles. The zero-order valence-electron chi connectivity index (χ0n) is 17.5. The lowest BCUT2D eigenvalue weighted by Crippen LogP contribution is -2.46. The van der Waals surface area contributed by atoms with E-state index in [0.717, 1.165) is 18.2 Å². The molecule has 0 aliphatic carbocycles. The number of benzene rings is 1. The van der Waals surface area contributed by atoms with Crippen molar-refractivity contribution in [1.29, 1.82) is 5.26 Å². The maximum Gasteiger partial charge on any atom is 0.433 e. The molecule has 4 rings (SSSR count). The number of amides is 1. The molecule has 2 fully saturated rings. The van der Waals surface area contributed by atoms with E-state index in [1.807, 2.05) is 11.0 Å². The molecule has 33 heavy (non-hydrogen) atoms. The lowest BCUT2D eigenvalue weighted by molar-refractivity contribution is -0.141. The van der Waals surface area contributed by atoms with Crippen LogP contribution in [0.4, 0.5) is 22.0 Å². The van der Waals surface area contributed by atoms with Crippen LogP contribution in [0.2, 0.25) is 0 Å². The van der Waals surface area contributed by atoms with E-state index >= 15 is 0 Å². The van der Waals surface area contributed by atoms with Gasteiger partial charge in [-0.2, -0.15) is 18.4 Å². The number of pyridine rings is 1. The third-order valence-corrected chi connectivity index (χ3v) is 5.93. The number of ether oxygens (including phenoxy) is 1. The molecule has 0 radical (unpaired) electrons. The first-order chi connectivity index (χ1) is 15.6. The molecule has 2 aromatic rings. The first-order valence-electron chi connectivity index (χ1n) is 10.5. The fraction of sp³-hybridized carbons (Fsp3) is 0.500. The predicted molar refractivity (Wildman–Crippen MR) is 107 cm³/mol. The number of halogens is 5. The van der Waals surface area contributed by atoms with Gasteiger partial charge in [-0.05, 0) is 31.0 Å². The van der Waals surface area contributed by atoms with Crippen LogP contribution in [0.15, 0.2) is 24.3 Å². The average molecular weight is 468 g/mol. The Hall–Kier alpha value is -3.00. The second kappa shape index (κ2) is 9.09. The van der Waals surface area contributed by atoms with Gasteiger partial charge in [0.15, 0.2) is 0 Å². The van der Waals surface area contributed by atoms with Crippen molar-refractivity contribution < 1.29 is 31.5 Å². The van der Waals surface area contributed by atoms with Crippen molar-refractivity contribution >= 4 is 16.8 Å². The van der Waals surface area contributed by atoms with Gasteiger partial charge in [0.1, 0.15) is 35.6 Å². The minimum atomic E-state index is -4.68. The maximum absolute atomic E-state index is 13.7. The molecule has 11 heteroatoms. The summed E-state index contributed by atoms with van der Waals surface area (Å²) in [7, 11) is 0. The highest BCUT2D eigenvalue weighted by Gasteiger charge is 2.37. The number of hydrogen-bond acceptors (Lipinski definition) is 5. The van der Waals surface area contributed by atoms with Crippen LogP contribution in [0, 0.1) is 17.1 Å². The number of nitrogens with zero attached hydrogens (tertiary/aromatic N) is 4. The van der Waals surface area contributed by atoms with Crippen LogP contribution in [0.3, 0.4) is 0 Å². The second-order valence-corrected chi connectivity index (χ2v) is 8.28. The van der Waals surface area contributed by atoms with E-state index in [-0.39, 0.29) is 42.1 Å². The lowest BCUT2D eigenvalue weighted by atomic mass is 10.1. The Balaban J connectivity index is 1.41. The summed E-state index contributed by atoms with van der Waals surface area (Å²) in [6.07, 6.45) is -5.44. The summed E-state index contributed by atoms with van der Waals surface area (Å²) in [6.45, 7) is 0.803. The van der Waals surface area contributed by atoms with Crippen molar-refractivity contribution in [2.75, 3.05) is 26.2 Å². The molecule has 176 valence electrons. The first kappa shape index (κ1) is 23.2. The van der Waals surface area contributed by atoms with E-state index in [4.69, 9.17) is 10.00 Å². The molecular weight excluding hydrogens is 447 g/mol. The van der Waals surface area contributed by atoms with Crippen molar-refractivity contribution in [3.05, 3.63) is 35.8 Å². The molecule has 2 saturated heterocycles. The maximum atomic E-state index is 13.7. The van der Waals surface area contributed by atoms with Gasteiger partial charge in [-0.1, -0.05) is 0 Å². The molecule has 0 spiro atoms. The summed E-state index contributed by atoms with van der Waals surface area (Å²) in [5.41, 5.74) is -1.14. The molecule has 1 amide bonds. The number of piperidine rings is 1. The van der Waals surface area contributed by atoms with E-state index in [1.165, 1.54) is 11.0 Å². The van der Waals surface area contributed by atoms with Crippen molar-refractivity contribution in [3.8, 4) is 11.8 Å². The number of alkyl halides is 4. The molecule has 2 aliphatic rings. The zero-order valence-corrected chi connectivity index (χ0v) is 17.5. The molecule has 3 heterocycles. The molecule has 1 aromatic carbocycles. The molecule has 0 N–H and O–H groups in total. The number of carbonyl (C=O) groups excluding carboxylic acids is 1. The quantitative estimate of drug-likeness (QED) is 0.641. The Bertz CT molecular complexity index is 1080. The molecule has 6 nitrogen and oxygen atoms in total. The van der Waals surface area contributed by atoms with E-state index in [9.17, 15) is 26.7 Å². The van der Waals surface area contributed by atoms with Gasteiger partial charge in [0.25, 0.3) is 0 Å². The molecule has 0 bridgehead atoms. The van der Waals surface area contributed by atoms with Crippen LogP contribution in [0.1, 0.15) is 25.0 Å². The number of likely N-dealkylation sites (tertiary alicyclic amines) is 2. The van der Waals surface area contributed by atoms with E-state index < -0.39 is 36.0 Å². The fourth-order valence-corrected chi connectivity index (χ4v) is 4.24. The Morgan fingerprint density at radius 3 is 2.64 bits per heavy atom. The van der Waals surface area contributed by atoms with Gasteiger partial charge >= 0.3 is 6.18 Å². The van der Waals surface area contributed by atoms with Crippen LogP contribution in [0.5, 0.6) is 5.75 Å². The standard InChI is InChI=1S/C22H21F5N4O2/c23-13-1-2-18-17(8-13)19(9-20(29-18)22(25,26)27)33-16-3-5-30(6-4-16)12-21(32)31-11-14(24)7-15(31)10-28/h1-2,8-9,14-16H,3-7,11-12H2/t14-,15?/m0/s1. The summed E-state index contributed by atoms with van der Waals surface area (Å²) in [5, 5.41) is 9.26. The summed E-state index contributed by atoms with van der Waals surface area (Å²) < 4.78 is 72.9. The van der Waals surface area contributed by atoms with Gasteiger partial charge in [0, 0.05) is 31.0 Å². The van der Waals surface area contributed by atoms with Crippen molar-refractivity contribution in [2.24, 2.45) is 0 Å². The highest BCUT2D eigenvalue weighted by atomic mass is 19.4. The van der Waals surface area contributed by atoms with Crippen LogP contribution in [-0.4, -0.2) is 65.2 Å². The van der Waals surface area contributed by atoms with Gasteiger partial charge in [0.2, 0.25) is 5.91 Å². The number of carbonyl (C=O) groups is 1. The molecule has 2 atom stereocenters. The van der Waals surface area contributed by atoms with E-state index in [2.05, 4.69) is 4.98 Å². The van der Waals surface area contributed by atoms with Gasteiger partial charge < -0.3 is 9.64 Å². The zero-order chi connectivity index (χ0) is 23.8. The van der Waals surface area contributed by atoms with Crippen molar-refractivity contribution in [2.45, 2.75) is 43.8 Å². The SMILES string of the molecule is N#CC1C[C@H](F)CN1C(=O)CN1CCC(Oc2cc(C(F)(F)F)nc3ccc(F)cc23)CC1. The Morgan fingerprint density at radius 1 is 1.24 bits per heavy atom. The normalized spacial score (nSPS) is 22.5. The number of aromatic nitrogens is 1. The monoisotopic (exact) mass is 468 g/mol. The second-order valence-electron chi connectivity index (χ2n) is 8.28. The predicted octanol–water partition coefficient (Wildman–Crippen LogP) is 3.70. The smallest absolute Gasteiger partial charge is 0.433 e. The van der Waals surface area contributed by atoms with Crippen molar-refractivity contribution in [1.82, 2.24) is 14.8 Å². The van der Waals surface area contributed by atoms with Crippen LogP contribution >= 0.6 is 0 Å². The van der Waals surface area contributed by atoms with E-state index in [1.54, 1.807) is 0 Å². The number of rotatable bonds is 4. The first-order valence-corrected chi connectivity index (χ1v) is 10.5. The van der Waals surface area contributed by atoms with E-state index in [0.29, 0.717) is 25.9 Å². The Morgan fingerprint density at radius 2 is 1.97 bits per heavy atom. The molecule has 1 unspecified atom stereocenters.